The van der Waals surface area contributed by atoms with Crippen molar-refractivity contribution in [2.24, 2.45) is 0 Å². The normalized spacial score (nSPS) is 11.4. The van der Waals surface area contributed by atoms with Crippen LogP contribution in [0.1, 0.15) is 11.1 Å². The Hall–Kier alpha value is -1.17. The molecule has 0 saturated carbocycles. The van der Waals surface area contributed by atoms with Crippen LogP contribution in [0.25, 0.3) is 0 Å². The number of rotatable bonds is 5. The van der Waals surface area contributed by atoms with Crippen molar-refractivity contribution < 1.29 is 18.0 Å². The standard InChI is InChI=1S/C13H16F3NOS/c1-10-4-3-5-11(6-10)7-19-8-12(18)17(2)9-13(14,15)16/h3-6H,7-9H2,1-2H3. The van der Waals surface area contributed by atoms with Crippen LogP contribution in [0.2, 0.25) is 0 Å². The third kappa shape index (κ3) is 6.52. The average Bonchev–Trinajstić information content (AvgIpc) is 2.26. The molecular weight excluding hydrogens is 275 g/mol. The molecule has 0 aromatic heterocycles. The van der Waals surface area contributed by atoms with Crippen LogP contribution in [0.3, 0.4) is 0 Å². The van der Waals surface area contributed by atoms with Crippen LogP contribution in [0.15, 0.2) is 24.3 Å². The molecule has 0 unspecified atom stereocenters. The molecule has 0 aliphatic heterocycles. The number of amides is 1. The summed E-state index contributed by atoms with van der Waals surface area (Å²) in [6.07, 6.45) is -4.34. The Morgan fingerprint density at radius 2 is 2.05 bits per heavy atom. The number of hydrogen-bond donors (Lipinski definition) is 0. The number of hydrogen-bond acceptors (Lipinski definition) is 2. The van der Waals surface area contributed by atoms with E-state index in [1.54, 1.807) is 0 Å². The Bertz CT molecular complexity index is 434. The molecule has 19 heavy (non-hydrogen) atoms. The van der Waals surface area contributed by atoms with E-state index >= 15 is 0 Å². The summed E-state index contributed by atoms with van der Waals surface area (Å²) in [7, 11) is 1.17. The summed E-state index contributed by atoms with van der Waals surface area (Å²) in [6, 6.07) is 7.82. The van der Waals surface area contributed by atoms with Gasteiger partial charge in [0.2, 0.25) is 5.91 Å². The molecule has 6 heteroatoms. The topological polar surface area (TPSA) is 20.3 Å². The third-order valence-electron chi connectivity index (χ3n) is 2.42. The molecule has 0 saturated heterocycles. The summed E-state index contributed by atoms with van der Waals surface area (Å²) in [5.41, 5.74) is 2.19. The number of halogens is 3. The zero-order valence-electron chi connectivity index (χ0n) is 10.8. The van der Waals surface area contributed by atoms with Crippen molar-refractivity contribution in [3.8, 4) is 0 Å². The number of carbonyl (C=O) groups is 1. The van der Waals surface area contributed by atoms with Gasteiger partial charge < -0.3 is 4.90 Å². The Morgan fingerprint density at radius 1 is 1.37 bits per heavy atom. The van der Waals surface area contributed by atoms with Crippen molar-refractivity contribution in [3.05, 3.63) is 35.4 Å². The number of carbonyl (C=O) groups excluding carboxylic acids is 1. The number of alkyl halides is 3. The summed E-state index contributed by atoms with van der Waals surface area (Å²) in [4.78, 5) is 12.2. The molecule has 0 radical (unpaired) electrons. The van der Waals surface area contributed by atoms with Crippen molar-refractivity contribution in [2.75, 3.05) is 19.3 Å². The maximum Gasteiger partial charge on any atom is 0.406 e. The van der Waals surface area contributed by atoms with Gasteiger partial charge in [0, 0.05) is 12.8 Å². The number of aryl methyl sites for hydroxylation is 1. The quantitative estimate of drug-likeness (QED) is 0.830. The van der Waals surface area contributed by atoms with Crippen LogP contribution in [-0.4, -0.2) is 36.3 Å². The van der Waals surface area contributed by atoms with Crippen molar-refractivity contribution in [2.45, 2.75) is 18.9 Å². The molecule has 1 aromatic carbocycles. The van der Waals surface area contributed by atoms with E-state index in [1.165, 1.54) is 18.8 Å². The SMILES string of the molecule is Cc1cccc(CSCC(=O)N(C)CC(F)(F)F)c1. The first-order valence-electron chi connectivity index (χ1n) is 5.72. The van der Waals surface area contributed by atoms with Crippen LogP contribution in [0, 0.1) is 6.92 Å². The first kappa shape index (κ1) is 15.9. The van der Waals surface area contributed by atoms with Gasteiger partial charge >= 0.3 is 6.18 Å². The second-order valence-electron chi connectivity index (χ2n) is 4.35. The van der Waals surface area contributed by atoms with E-state index in [-0.39, 0.29) is 5.75 Å². The summed E-state index contributed by atoms with van der Waals surface area (Å²) < 4.78 is 36.3. The smallest absolute Gasteiger partial charge is 0.336 e. The lowest BCUT2D eigenvalue weighted by atomic mass is 10.2. The van der Waals surface area contributed by atoms with Crippen molar-refractivity contribution in [1.29, 1.82) is 0 Å². The highest BCUT2D eigenvalue weighted by molar-refractivity contribution is 7.99. The fourth-order valence-electron chi connectivity index (χ4n) is 1.53. The van der Waals surface area contributed by atoms with Gasteiger partial charge in [0.1, 0.15) is 6.54 Å². The summed E-state index contributed by atoms with van der Waals surface area (Å²) in [5, 5.41) is 0. The largest absolute Gasteiger partial charge is 0.406 e. The van der Waals surface area contributed by atoms with Gasteiger partial charge in [-0.15, -0.1) is 11.8 Å². The van der Waals surface area contributed by atoms with Crippen LogP contribution in [-0.2, 0) is 10.5 Å². The van der Waals surface area contributed by atoms with Crippen LogP contribution in [0.4, 0.5) is 13.2 Å². The maximum atomic E-state index is 12.1. The highest BCUT2D eigenvalue weighted by Crippen LogP contribution is 2.17. The molecule has 1 aromatic rings. The Labute approximate surface area is 115 Å². The Kier molecular flexibility index (Phi) is 5.72. The predicted molar refractivity (Wildman–Crippen MR) is 71.0 cm³/mol. The van der Waals surface area contributed by atoms with Crippen LogP contribution >= 0.6 is 11.8 Å². The molecule has 0 N–H and O–H groups in total. The molecule has 1 rings (SSSR count). The summed E-state index contributed by atoms with van der Waals surface area (Å²) in [6.45, 7) is 0.771. The first-order chi connectivity index (χ1) is 8.78. The van der Waals surface area contributed by atoms with Gasteiger partial charge in [-0.25, -0.2) is 0 Å². The van der Waals surface area contributed by atoms with E-state index in [1.807, 2.05) is 31.2 Å². The monoisotopic (exact) mass is 291 g/mol. The minimum atomic E-state index is -4.34. The fourth-order valence-corrected chi connectivity index (χ4v) is 2.44. The van der Waals surface area contributed by atoms with Gasteiger partial charge in [-0.2, -0.15) is 13.2 Å². The molecule has 0 atom stereocenters. The van der Waals surface area contributed by atoms with Gasteiger partial charge in [-0.05, 0) is 12.5 Å². The van der Waals surface area contributed by atoms with Gasteiger partial charge in [0.25, 0.3) is 0 Å². The maximum absolute atomic E-state index is 12.1. The van der Waals surface area contributed by atoms with E-state index in [0.717, 1.165) is 11.1 Å². The second-order valence-corrected chi connectivity index (χ2v) is 5.33. The summed E-state index contributed by atoms with van der Waals surface area (Å²) >= 11 is 1.32. The second kappa shape index (κ2) is 6.84. The minimum Gasteiger partial charge on any atom is -0.336 e. The first-order valence-corrected chi connectivity index (χ1v) is 6.87. The van der Waals surface area contributed by atoms with E-state index in [0.29, 0.717) is 10.7 Å². The number of thioether (sulfide) groups is 1. The van der Waals surface area contributed by atoms with Crippen LogP contribution in [0.5, 0.6) is 0 Å². The molecule has 1 amide bonds. The lowest BCUT2D eigenvalue weighted by molar-refractivity contribution is -0.156. The highest BCUT2D eigenvalue weighted by atomic mass is 32.2. The molecule has 0 bridgehead atoms. The number of benzene rings is 1. The van der Waals surface area contributed by atoms with Gasteiger partial charge in [-0.3, -0.25) is 4.79 Å². The van der Waals surface area contributed by atoms with Gasteiger partial charge in [-0.1, -0.05) is 29.8 Å². The predicted octanol–water partition coefficient (Wildman–Crippen LogP) is 3.25. The lowest BCUT2D eigenvalue weighted by Gasteiger charge is -2.18. The van der Waals surface area contributed by atoms with Gasteiger partial charge in [0.05, 0.1) is 5.75 Å². The van der Waals surface area contributed by atoms with Crippen molar-refractivity contribution in [1.82, 2.24) is 4.90 Å². The molecule has 0 heterocycles. The van der Waals surface area contributed by atoms with Gasteiger partial charge in [0.15, 0.2) is 0 Å². The lowest BCUT2D eigenvalue weighted by Crippen LogP contribution is -2.36. The summed E-state index contributed by atoms with van der Waals surface area (Å²) in [5.74, 6) is 0.170. The zero-order chi connectivity index (χ0) is 14.5. The van der Waals surface area contributed by atoms with Crippen molar-refractivity contribution >= 4 is 17.7 Å². The van der Waals surface area contributed by atoms with E-state index in [9.17, 15) is 18.0 Å². The zero-order valence-corrected chi connectivity index (χ0v) is 11.6. The van der Waals surface area contributed by atoms with E-state index in [4.69, 9.17) is 0 Å². The molecule has 2 nitrogen and oxygen atoms in total. The fraction of sp³-hybridized carbons (Fsp3) is 0.462. The molecule has 0 aliphatic carbocycles. The molecule has 106 valence electrons. The Morgan fingerprint density at radius 3 is 2.63 bits per heavy atom. The Balaban J connectivity index is 2.35. The molecular formula is C13H16F3NOS. The van der Waals surface area contributed by atoms with Crippen molar-refractivity contribution in [3.63, 3.8) is 0 Å². The minimum absolute atomic E-state index is 0.0561. The average molecular weight is 291 g/mol. The van der Waals surface area contributed by atoms with E-state index < -0.39 is 18.6 Å². The highest BCUT2D eigenvalue weighted by Gasteiger charge is 2.30. The number of nitrogens with zero attached hydrogens (tertiary/aromatic N) is 1. The van der Waals surface area contributed by atoms with E-state index in [2.05, 4.69) is 0 Å². The van der Waals surface area contributed by atoms with Crippen LogP contribution < -0.4 is 0 Å². The molecule has 0 fully saturated rings. The third-order valence-corrected chi connectivity index (χ3v) is 3.41. The molecule has 0 spiro atoms. The molecule has 0 aliphatic rings.